The summed E-state index contributed by atoms with van der Waals surface area (Å²) in [7, 11) is 2.92. The van der Waals surface area contributed by atoms with Gasteiger partial charge in [0, 0.05) is 13.3 Å². The molecule has 0 radical (unpaired) electrons. The summed E-state index contributed by atoms with van der Waals surface area (Å²) in [5.74, 6) is 0.815. The van der Waals surface area contributed by atoms with Crippen LogP contribution in [0.5, 0.6) is 23.0 Å². The minimum Gasteiger partial charge on any atom is -0.493 e. The van der Waals surface area contributed by atoms with E-state index in [4.69, 9.17) is 19.3 Å². The van der Waals surface area contributed by atoms with Crippen LogP contribution in [0, 0.1) is 0 Å². The van der Waals surface area contributed by atoms with Crippen LogP contribution < -0.4 is 18.9 Å². The van der Waals surface area contributed by atoms with Gasteiger partial charge in [-0.15, -0.1) is 0 Å². The molecule has 8 nitrogen and oxygen atoms in total. The molecule has 2 aromatic carbocycles. The number of carboxylic acid groups (broad SMARTS) is 1. The van der Waals surface area contributed by atoms with Crippen molar-refractivity contribution in [2.45, 2.75) is 32.6 Å². The van der Waals surface area contributed by atoms with Gasteiger partial charge in [-0.05, 0) is 60.7 Å². The standard InChI is InChI=1S/C24H26O8/c1-16(25)31-20-12-9-17(14-22(20)29-2)6-4-5-7-19(26)11-8-18-10-13-21(32-24(27)28)23(15-18)30-3/h5,7,9-10,12-15H,4,6,8,11H2,1-3H3,(H,27,28)/b7-5+. The Bertz CT molecular complexity index is 993. The number of hydrogen-bond acceptors (Lipinski definition) is 7. The Kier molecular flexibility index (Phi) is 9.28. The van der Waals surface area contributed by atoms with Crippen LogP contribution in [-0.4, -0.2) is 37.2 Å². The molecule has 1 N–H and O–H groups in total. The third kappa shape index (κ3) is 7.79. The number of benzene rings is 2. The van der Waals surface area contributed by atoms with Gasteiger partial charge in [0.05, 0.1) is 14.2 Å². The highest BCUT2D eigenvalue weighted by Crippen LogP contribution is 2.29. The largest absolute Gasteiger partial charge is 0.511 e. The van der Waals surface area contributed by atoms with Gasteiger partial charge in [0.25, 0.3) is 0 Å². The molecule has 0 saturated carbocycles. The second-order valence-electron chi connectivity index (χ2n) is 6.84. The van der Waals surface area contributed by atoms with Crippen molar-refractivity contribution in [2.24, 2.45) is 0 Å². The lowest BCUT2D eigenvalue weighted by atomic mass is 10.1. The number of ketones is 1. The van der Waals surface area contributed by atoms with Gasteiger partial charge in [0.1, 0.15) is 0 Å². The van der Waals surface area contributed by atoms with Crippen molar-refractivity contribution in [3.63, 3.8) is 0 Å². The lowest BCUT2D eigenvalue weighted by Gasteiger charge is -2.09. The zero-order chi connectivity index (χ0) is 23.5. The third-order valence-electron chi connectivity index (χ3n) is 4.47. The normalized spacial score (nSPS) is 10.6. The molecule has 2 rings (SSSR count). The molecule has 0 aliphatic rings. The quantitative estimate of drug-likeness (QED) is 0.236. The molecular weight excluding hydrogens is 416 g/mol. The van der Waals surface area contributed by atoms with Crippen LogP contribution in [0.1, 0.15) is 30.9 Å². The Balaban J connectivity index is 1.84. The first kappa shape index (κ1) is 24.5. The number of carbonyl (C=O) groups is 3. The van der Waals surface area contributed by atoms with E-state index in [0.717, 1.165) is 11.1 Å². The maximum absolute atomic E-state index is 12.2. The van der Waals surface area contributed by atoms with E-state index in [0.29, 0.717) is 42.9 Å². The minimum absolute atomic E-state index is 0.0161. The highest BCUT2D eigenvalue weighted by Gasteiger charge is 2.10. The lowest BCUT2D eigenvalue weighted by Crippen LogP contribution is -2.05. The molecule has 0 atom stereocenters. The zero-order valence-corrected chi connectivity index (χ0v) is 18.3. The summed E-state index contributed by atoms with van der Waals surface area (Å²) in [6, 6.07) is 10.2. The Labute approximate surface area is 186 Å². The van der Waals surface area contributed by atoms with Crippen molar-refractivity contribution in [1.29, 1.82) is 0 Å². The molecule has 0 aliphatic carbocycles. The van der Waals surface area contributed by atoms with Crippen molar-refractivity contribution in [2.75, 3.05) is 14.2 Å². The lowest BCUT2D eigenvalue weighted by molar-refractivity contribution is -0.132. The predicted octanol–water partition coefficient (Wildman–Crippen LogP) is 4.38. The van der Waals surface area contributed by atoms with E-state index in [1.807, 2.05) is 12.1 Å². The number of ether oxygens (including phenoxy) is 4. The van der Waals surface area contributed by atoms with Gasteiger partial charge in [0.15, 0.2) is 28.8 Å². The minimum atomic E-state index is -1.42. The average Bonchev–Trinajstić information content (AvgIpc) is 2.76. The third-order valence-corrected chi connectivity index (χ3v) is 4.47. The van der Waals surface area contributed by atoms with Crippen LogP contribution in [0.25, 0.3) is 0 Å². The topological polar surface area (TPSA) is 108 Å². The Hall–Kier alpha value is -3.81. The number of methoxy groups -OCH3 is 2. The van der Waals surface area contributed by atoms with Crippen LogP contribution in [0.3, 0.4) is 0 Å². The molecule has 0 fully saturated rings. The molecule has 0 spiro atoms. The number of hydrogen-bond donors (Lipinski definition) is 1. The Morgan fingerprint density at radius 3 is 1.94 bits per heavy atom. The van der Waals surface area contributed by atoms with Gasteiger partial charge in [-0.25, -0.2) is 4.79 Å². The first-order chi connectivity index (χ1) is 15.3. The second-order valence-corrected chi connectivity index (χ2v) is 6.84. The summed E-state index contributed by atoms with van der Waals surface area (Å²) in [5.41, 5.74) is 1.83. The molecule has 0 saturated heterocycles. The number of aryl methyl sites for hydroxylation is 2. The maximum Gasteiger partial charge on any atom is 0.511 e. The molecule has 0 aromatic heterocycles. The van der Waals surface area contributed by atoms with Crippen molar-refractivity contribution < 1.29 is 38.4 Å². The summed E-state index contributed by atoms with van der Waals surface area (Å²) in [4.78, 5) is 34.0. The van der Waals surface area contributed by atoms with Crippen molar-refractivity contribution in [3.8, 4) is 23.0 Å². The van der Waals surface area contributed by atoms with Crippen LogP contribution >= 0.6 is 0 Å². The van der Waals surface area contributed by atoms with Gasteiger partial charge < -0.3 is 24.1 Å². The van der Waals surface area contributed by atoms with Gasteiger partial charge in [0.2, 0.25) is 0 Å². The van der Waals surface area contributed by atoms with Gasteiger partial charge in [-0.2, -0.15) is 0 Å². The SMILES string of the molecule is COc1cc(CC/C=C/C(=O)CCc2ccc(OC(=O)O)c(OC)c2)ccc1OC(C)=O. The monoisotopic (exact) mass is 442 g/mol. The van der Waals surface area contributed by atoms with E-state index < -0.39 is 12.1 Å². The van der Waals surface area contributed by atoms with Crippen LogP contribution in [-0.2, 0) is 22.4 Å². The molecule has 0 aliphatic heterocycles. The fraction of sp³-hybridized carbons (Fsp3) is 0.292. The maximum atomic E-state index is 12.2. The van der Waals surface area contributed by atoms with E-state index in [1.54, 1.807) is 30.3 Å². The molecule has 8 heteroatoms. The number of esters is 1. The summed E-state index contributed by atoms with van der Waals surface area (Å²) >= 11 is 0. The van der Waals surface area contributed by atoms with Crippen molar-refractivity contribution >= 4 is 17.9 Å². The summed E-state index contributed by atoms with van der Waals surface area (Å²) in [6.07, 6.45) is 4.11. The summed E-state index contributed by atoms with van der Waals surface area (Å²) in [5, 5.41) is 8.72. The molecule has 0 bridgehead atoms. The van der Waals surface area contributed by atoms with E-state index in [2.05, 4.69) is 4.74 Å². The number of carbonyl (C=O) groups excluding carboxylic acids is 2. The summed E-state index contributed by atoms with van der Waals surface area (Å²) in [6.45, 7) is 1.33. The average molecular weight is 442 g/mol. The molecule has 0 amide bonds. The highest BCUT2D eigenvalue weighted by molar-refractivity contribution is 5.89. The molecular formula is C24H26O8. The second kappa shape index (κ2) is 12.1. The predicted molar refractivity (Wildman–Crippen MR) is 117 cm³/mol. The number of rotatable bonds is 11. The van der Waals surface area contributed by atoms with Gasteiger partial charge >= 0.3 is 12.1 Å². The number of allylic oxidation sites excluding steroid dienone is 2. The van der Waals surface area contributed by atoms with E-state index >= 15 is 0 Å². The van der Waals surface area contributed by atoms with Crippen LogP contribution in [0.15, 0.2) is 48.6 Å². The zero-order valence-electron chi connectivity index (χ0n) is 18.3. The molecule has 170 valence electrons. The van der Waals surface area contributed by atoms with Crippen molar-refractivity contribution in [3.05, 3.63) is 59.7 Å². The van der Waals surface area contributed by atoms with Gasteiger partial charge in [-0.3, -0.25) is 9.59 Å². The van der Waals surface area contributed by atoms with Crippen LogP contribution in [0.2, 0.25) is 0 Å². The summed E-state index contributed by atoms with van der Waals surface area (Å²) < 4.78 is 20.1. The molecule has 0 heterocycles. The Morgan fingerprint density at radius 2 is 1.41 bits per heavy atom. The van der Waals surface area contributed by atoms with Gasteiger partial charge in [-0.1, -0.05) is 18.2 Å². The Morgan fingerprint density at radius 1 is 0.844 bits per heavy atom. The first-order valence-electron chi connectivity index (χ1n) is 9.94. The van der Waals surface area contributed by atoms with Crippen molar-refractivity contribution in [1.82, 2.24) is 0 Å². The smallest absolute Gasteiger partial charge is 0.493 e. The molecule has 32 heavy (non-hydrogen) atoms. The first-order valence-corrected chi connectivity index (χ1v) is 9.94. The highest BCUT2D eigenvalue weighted by atomic mass is 16.7. The van der Waals surface area contributed by atoms with Crippen LogP contribution in [0.4, 0.5) is 4.79 Å². The molecule has 2 aromatic rings. The fourth-order valence-corrected chi connectivity index (χ4v) is 2.97. The fourth-order valence-electron chi connectivity index (χ4n) is 2.97. The van der Waals surface area contributed by atoms with E-state index in [-0.39, 0.29) is 11.5 Å². The van der Waals surface area contributed by atoms with E-state index in [9.17, 15) is 14.4 Å². The van der Waals surface area contributed by atoms with E-state index in [1.165, 1.54) is 27.2 Å². The molecule has 0 unspecified atom stereocenters.